The number of hydrogen-bond donors (Lipinski definition) is 1. The van der Waals surface area contributed by atoms with Crippen molar-refractivity contribution in [3.05, 3.63) is 33.7 Å². The van der Waals surface area contributed by atoms with Crippen LogP contribution >= 0.6 is 0 Å². The Morgan fingerprint density at radius 2 is 2.29 bits per heavy atom. The van der Waals surface area contributed by atoms with Gasteiger partial charge in [-0.05, 0) is 12.5 Å². The van der Waals surface area contributed by atoms with Gasteiger partial charge in [-0.3, -0.25) is 4.79 Å². The predicted molar refractivity (Wildman–Crippen MR) is 50.7 cm³/mol. The van der Waals surface area contributed by atoms with Crippen molar-refractivity contribution in [3.8, 4) is 11.8 Å². The third-order valence-electron chi connectivity index (χ3n) is 1.62. The zero-order chi connectivity index (χ0) is 10.6. The second-order valence-corrected chi connectivity index (χ2v) is 2.64. The average Bonchev–Trinajstić information content (AvgIpc) is 2.16. The smallest absolute Gasteiger partial charge is 0.384 e. The van der Waals surface area contributed by atoms with Crippen LogP contribution in [0.3, 0.4) is 0 Å². The van der Waals surface area contributed by atoms with Gasteiger partial charge in [0.05, 0.1) is 7.11 Å². The third-order valence-corrected chi connectivity index (χ3v) is 1.62. The van der Waals surface area contributed by atoms with Gasteiger partial charge >= 0.3 is 5.97 Å². The monoisotopic (exact) mass is 191 g/mol. The molecule has 4 heteroatoms. The topological polar surface area (TPSA) is 59.2 Å². The molecular formula is C10H9NO3. The Kier molecular flexibility index (Phi) is 3.08. The number of pyridine rings is 1. The summed E-state index contributed by atoms with van der Waals surface area (Å²) in [6, 6.07) is 1.42. The number of ether oxygens (including phenoxy) is 1. The van der Waals surface area contributed by atoms with Crippen LogP contribution in [-0.2, 0) is 9.53 Å². The van der Waals surface area contributed by atoms with Crippen LogP contribution in [0.4, 0.5) is 0 Å². The molecule has 0 saturated carbocycles. The molecule has 0 atom stereocenters. The Labute approximate surface area is 80.9 Å². The van der Waals surface area contributed by atoms with E-state index in [2.05, 4.69) is 21.6 Å². The number of aryl methyl sites for hydroxylation is 1. The van der Waals surface area contributed by atoms with Crippen molar-refractivity contribution in [2.75, 3.05) is 7.11 Å². The number of aromatic amines is 1. The summed E-state index contributed by atoms with van der Waals surface area (Å²) in [6.07, 6.45) is 1.47. The third kappa shape index (κ3) is 2.49. The molecule has 0 unspecified atom stereocenters. The molecule has 14 heavy (non-hydrogen) atoms. The Bertz CT molecular complexity index is 462. The lowest BCUT2D eigenvalue weighted by molar-refractivity contribution is -0.133. The highest BCUT2D eigenvalue weighted by atomic mass is 16.5. The molecule has 0 aliphatic heterocycles. The van der Waals surface area contributed by atoms with E-state index >= 15 is 0 Å². The molecule has 0 bridgehead atoms. The van der Waals surface area contributed by atoms with Crippen molar-refractivity contribution in [1.82, 2.24) is 4.98 Å². The maximum absolute atomic E-state index is 10.8. The van der Waals surface area contributed by atoms with Gasteiger partial charge in [-0.2, -0.15) is 0 Å². The number of carbonyl (C=O) groups is 1. The molecule has 0 aliphatic carbocycles. The number of aromatic nitrogens is 1. The first kappa shape index (κ1) is 10.1. The zero-order valence-electron chi connectivity index (χ0n) is 7.88. The number of hydrogen-bond acceptors (Lipinski definition) is 3. The first-order valence-electron chi connectivity index (χ1n) is 3.93. The maximum Gasteiger partial charge on any atom is 0.384 e. The summed E-state index contributed by atoms with van der Waals surface area (Å²) < 4.78 is 4.35. The van der Waals surface area contributed by atoms with Crippen LogP contribution in [0.1, 0.15) is 11.1 Å². The van der Waals surface area contributed by atoms with E-state index in [1.807, 2.05) is 0 Å². The van der Waals surface area contributed by atoms with Crippen molar-refractivity contribution in [3.63, 3.8) is 0 Å². The highest BCUT2D eigenvalue weighted by Crippen LogP contribution is 1.99. The van der Waals surface area contributed by atoms with E-state index < -0.39 is 5.97 Å². The molecule has 1 heterocycles. The minimum atomic E-state index is -0.601. The van der Waals surface area contributed by atoms with Crippen LogP contribution in [0.2, 0.25) is 0 Å². The number of methoxy groups -OCH3 is 1. The van der Waals surface area contributed by atoms with Crippen LogP contribution in [0.5, 0.6) is 0 Å². The Morgan fingerprint density at radius 3 is 2.86 bits per heavy atom. The molecule has 0 fully saturated rings. The molecular weight excluding hydrogens is 182 g/mol. The second kappa shape index (κ2) is 4.28. The van der Waals surface area contributed by atoms with Crippen molar-refractivity contribution in [2.24, 2.45) is 0 Å². The molecule has 0 spiro atoms. The quantitative estimate of drug-likeness (QED) is 0.471. The van der Waals surface area contributed by atoms with Gasteiger partial charge in [0.2, 0.25) is 5.56 Å². The lowest BCUT2D eigenvalue weighted by atomic mass is 10.2. The van der Waals surface area contributed by atoms with Crippen molar-refractivity contribution >= 4 is 5.97 Å². The SMILES string of the molecule is COC(=O)C#Cc1c[nH]c(=O)cc1C. The molecule has 0 radical (unpaired) electrons. The van der Waals surface area contributed by atoms with E-state index in [1.54, 1.807) is 6.92 Å². The van der Waals surface area contributed by atoms with Gasteiger partial charge in [-0.1, -0.05) is 5.92 Å². The highest BCUT2D eigenvalue weighted by molar-refractivity contribution is 5.89. The normalized spacial score (nSPS) is 8.71. The summed E-state index contributed by atoms with van der Waals surface area (Å²) in [5, 5.41) is 0. The minimum Gasteiger partial charge on any atom is -0.459 e. The lowest BCUT2D eigenvalue weighted by Crippen LogP contribution is -2.05. The summed E-state index contributed by atoms with van der Waals surface area (Å²) in [7, 11) is 1.26. The van der Waals surface area contributed by atoms with E-state index in [1.165, 1.54) is 19.4 Å². The first-order valence-corrected chi connectivity index (χ1v) is 3.93. The van der Waals surface area contributed by atoms with Gasteiger partial charge < -0.3 is 9.72 Å². The molecule has 0 aromatic carbocycles. The van der Waals surface area contributed by atoms with Gasteiger partial charge in [-0.15, -0.1) is 0 Å². The summed E-state index contributed by atoms with van der Waals surface area (Å²) >= 11 is 0. The molecule has 4 nitrogen and oxygen atoms in total. The largest absolute Gasteiger partial charge is 0.459 e. The summed E-state index contributed by atoms with van der Waals surface area (Å²) in [5.41, 5.74) is 1.14. The molecule has 1 aromatic rings. The number of nitrogens with one attached hydrogen (secondary N) is 1. The fourth-order valence-electron chi connectivity index (χ4n) is 0.877. The fourth-order valence-corrected chi connectivity index (χ4v) is 0.877. The molecule has 0 saturated heterocycles. The van der Waals surface area contributed by atoms with E-state index in [-0.39, 0.29) is 5.56 Å². The summed E-state index contributed by atoms with van der Waals surface area (Å²) in [6.45, 7) is 1.75. The summed E-state index contributed by atoms with van der Waals surface area (Å²) in [5.74, 6) is 4.27. The van der Waals surface area contributed by atoms with Crippen LogP contribution in [0.15, 0.2) is 17.1 Å². The average molecular weight is 191 g/mol. The lowest BCUT2D eigenvalue weighted by Gasteiger charge is -1.94. The standard InChI is InChI=1S/C10H9NO3/c1-7-5-9(12)11-6-8(7)3-4-10(13)14-2/h5-6H,1-2H3,(H,11,12). The van der Waals surface area contributed by atoms with Crippen LogP contribution in [0, 0.1) is 18.8 Å². The van der Waals surface area contributed by atoms with Crippen molar-refractivity contribution in [1.29, 1.82) is 0 Å². The predicted octanol–water partition coefficient (Wildman–Crippen LogP) is 0.208. The number of carbonyl (C=O) groups excluding carboxylic acids is 1. The van der Waals surface area contributed by atoms with Crippen LogP contribution < -0.4 is 5.56 Å². The first-order chi connectivity index (χ1) is 6.63. The van der Waals surface area contributed by atoms with Crippen molar-refractivity contribution < 1.29 is 9.53 Å². The number of esters is 1. The zero-order valence-corrected chi connectivity index (χ0v) is 7.88. The second-order valence-electron chi connectivity index (χ2n) is 2.64. The van der Waals surface area contributed by atoms with E-state index in [4.69, 9.17) is 0 Å². The van der Waals surface area contributed by atoms with Gasteiger partial charge in [0, 0.05) is 23.7 Å². The van der Waals surface area contributed by atoms with Crippen LogP contribution in [0.25, 0.3) is 0 Å². The Morgan fingerprint density at radius 1 is 1.57 bits per heavy atom. The molecule has 1 rings (SSSR count). The Balaban J connectivity index is 3.02. The van der Waals surface area contributed by atoms with Gasteiger partial charge in [0.1, 0.15) is 0 Å². The maximum atomic E-state index is 10.8. The van der Waals surface area contributed by atoms with E-state index in [9.17, 15) is 9.59 Å². The molecule has 1 aromatic heterocycles. The highest BCUT2D eigenvalue weighted by Gasteiger charge is 1.95. The summed E-state index contributed by atoms with van der Waals surface area (Å²) in [4.78, 5) is 24.0. The molecule has 1 N–H and O–H groups in total. The van der Waals surface area contributed by atoms with Gasteiger partial charge in [0.25, 0.3) is 0 Å². The number of H-pyrrole nitrogens is 1. The van der Waals surface area contributed by atoms with Gasteiger partial charge in [0.15, 0.2) is 0 Å². The van der Waals surface area contributed by atoms with Crippen LogP contribution in [-0.4, -0.2) is 18.1 Å². The van der Waals surface area contributed by atoms with E-state index in [0.29, 0.717) is 5.56 Å². The molecule has 72 valence electrons. The number of rotatable bonds is 0. The van der Waals surface area contributed by atoms with Crippen molar-refractivity contribution in [2.45, 2.75) is 6.92 Å². The minimum absolute atomic E-state index is 0.189. The van der Waals surface area contributed by atoms with E-state index in [0.717, 1.165) is 5.56 Å². The molecule has 0 amide bonds. The van der Waals surface area contributed by atoms with Gasteiger partial charge in [-0.25, -0.2) is 4.79 Å². The molecule has 0 aliphatic rings. The Hall–Kier alpha value is -2.02. The fraction of sp³-hybridized carbons (Fsp3) is 0.200.